The highest BCUT2D eigenvalue weighted by Crippen LogP contribution is 2.30. The van der Waals surface area contributed by atoms with Crippen molar-refractivity contribution in [3.8, 4) is 0 Å². The zero-order chi connectivity index (χ0) is 14.4. The molecule has 1 heterocycles. The Labute approximate surface area is 122 Å². The number of nitrogens with one attached hydrogen (secondary N) is 1. The lowest BCUT2D eigenvalue weighted by Gasteiger charge is -2.35. The molecule has 2 unspecified atom stereocenters. The largest absolute Gasteiger partial charge is 0.379 e. The van der Waals surface area contributed by atoms with Crippen LogP contribution in [0, 0.1) is 5.92 Å². The highest BCUT2D eigenvalue weighted by molar-refractivity contribution is 5.86. The molecule has 20 heavy (non-hydrogen) atoms. The van der Waals surface area contributed by atoms with E-state index in [1.54, 1.807) is 0 Å². The van der Waals surface area contributed by atoms with E-state index in [1.165, 1.54) is 6.42 Å². The van der Waals surface area contributed by atoms with Crippen LogP contribution in [0.1, 0.15) is 39.0 Å². The Balaban J connectivity index is 1.64. The number of hydrogen-bond donors (Lipinski definition) is 2. The third-order valence-electron chi connectivity index (χ3n) is 4.53. The number of amides is 1. The van der Waals surface area contributed by atoms with Gasteiger partial charge < -0.3 is 15.8 Å². The van der Waals surface area contributed by atoms with E-state index in [9.17, 15) is 4.79 Å². The Morgan fingerprint density at radius 2 is 2.20 bits per heavy atom. The number of nitrogens with two attached hydrogens (primary N) is 1. The molecule has 2 atom stereocenters. The van der Waals surface area contributed by atoms with Gasteiger partial charge in [0.05, 0.1) is 18.8 Å². The summed E-state index contributed by atoms with van der Waals surface area (Å²) in [7, 11) is 0. The molecule has 1 aliphatic carbocycles. The zero-order valence-corrected chi connectivity index (χ0v) is 12.7. The van der Waals surface area contributed by atoms with Crippen molar-refractivity contribution >= 4 is 5.91 Å². The van der Waals surface area contributed by atoms with Gasteiger partial charge in [-0.05, 0) is 31.7 Å². The van der Waals surface area contributed by atoms with Gasteiger partial charge in [0.1, 0.15) is 0 Å². The number of carbonyl (C=O) groups excluding carboxylic acids is 1. The third-order valence-corrected chi connectivity index (χ3v) is 4.53. The average molecular weight is 283 g/mol. The Morgan fingerprint density at radius 3 is 2.90 bits per heavy atom. The molecule has 5 nitrogen and oxygen atoms in total. The molecule has 0 aromatic carbocycles. The third kappa shape index (κ3) is 4.43. The summed E-state index contributed by atoms with van der Waals surface area (Å²) in [5, 5.41) is 3.03. The molecule has 0 aromatic rings. The van der Waals surface area contributed by atoms with E-state index in [2.05, 4.69) is 17.1 Å². The fourth-order valence-electron chi connectivity index (χ4n) is 3.30. The molecule has 0 aromatic heterocycles. The smallest absolute Gasteiger partial charge is 0.240 e. The van der Waals surface area contributed by atoms with Crippen LogP contribution in [-0.2, 0) is 9.53 Å². The number of morpholine rings is 1. The van der Waals surface area contributed by atoms with Gasteiger partial charge in [-0.1, -0.05) is 19.8 Å². The summed E-state index contributed by atoms with van der Waals surface area (Å²) in [6.07, 6.45) is 4.90. The van der Waals surface area contributed by atoms with Crippen LogP contribution < -0.4 is 11.1 Å². The molecule has 2 rings (SSSR count). The first-order chi connectivity index (χ1) is 9.60. The van der Waals surface area contributed by atoms with Crippen molar-refractivity contribution in [2.75, 3.05) is 39.4 Å². The van der Waals surface area contributed by atoms with Crippen molar-refractivity contribution in [2.24, 2.45) is 11.7 Å². The van der Waals surface area contributed by atoms with Crippen LogP contribution in [0.2, 0.25) is 0 Å². The highest BCUT2D eigenvalue weighted by Gasteiger charge is 2.37. The molecular weight excluding hydrogens is 254 g/mol. The van der Waals surface area contributed by atoms with E-state index in [0.29, 0.717) is 5.92 Å². The lowest BCUT2D eigenvalue weighted by molar-refractivity contribution is -0.128. The van der Waals surface area contributed by atoms with E-state index >= 15 is 0 Å². The van der Waals surface area contributed by atoms with Crippen LogP contribution in [0.3, 0.4) is 0 Å². The van der Waals surface area contributed by atoms with Crippen molar-refractivity contribution in [2.45, 2.75) is 44.6 Å². The normalized spacial score (nSPS) is 32.0. The predicted octanol–water partition coefficient (Wildman–Crippen LogP) is 0.733. The van der Waals surface area contributed by atoms with Gasteiger partial charge in [0.2, 0.25) is 5.91 Å². The number of hydrogen-bond acceptors (Lipinski definition) is 4. The minimum atomic E-state index is -0.628. The maximum absolute atomic E-state index is 12.2. The molecule has 1 amide bonds. The molecular formula is C15H29N3O2. The molecule has 1 saturated carbocycles. The Morgan fingerprint density at radius 1 is 1.45 bits per heavy atom. The van der Waals surface area contributed by atoms with Crippen LogP contribution in [0.25, 0.3) is 0 Å². The van der Waals surface area contributed by atoms with Gasteiger partial charge in [0.15, 0.2) is 0 Å². The van der Waals surface area contributed by atoms with Gasteiger partial charge in [-0.25, -0.2) is 0 Å². The van der Waals surface area contributed by atoms with Gasteiger partial charge in [0.25, 0.3) is 0 Å². The molecule has 1 saturated heterocycles. The summed E-state index contributed by atoms with van der Waals surface area (Å²) in [6, 6.07) is 0. The molecule has 116 valence electrons. The molecule has 3 N–H and O–H groups in total. The van der Waals surface area contributed by atoms with Gasteiger partial charge in [0, 0.05) is 19.6 Å². The molecule has 0 spiro atoms. The second-order valence-corrected chi connectivity index (χ2v) is 6.42. The zero-order valence-electron chi connectivity index (χ0n) is 12.7. The van der Waals surface area contributed by atoms with Crippen LogP contribution in [0.4, 0.5) is 0 Å². The first-order valence-corrected chi connectivity index (χ1v) is 7.97. The van der Waals surface area contributed by atoms with Crippen molar-refractivity contribution < 1.29 is 9.53 Å². The maximum atomic E-state index is 12.2. The van der Waals surface area contributed by atoms with Crippen molar-refractivity contribution in [1.29, 1.82) is 0 Å². The summed E-state index contributed by atoms with van der Waals surface area (Å²) in [5.41, 5.74) is 5.65. The first-order valence-electron chi connectivity index (χ1n) is 7.97. The van der Waals surface area contributed by atoms with Gasteiger partial charge >= 0.3 is 0 Å². The molecule has 5 heteroatoms. The van der Waals surface area contributed by atoms with Crippen molar-refractivity contribution in [1.82, 2.24) is 10.2 Å². The maximum Gasteiger partial charge on any atom is 0.240 e. The second kappa shape index (κ2) is 7.38. The lowest BCUT2D eigenvalue weighted by atomic mass is 9.76. The van der Waals surface area contributed by atoms with Crippen molar-refractivity contribution in [3.05, 3.63) is 0 Å². The number of carbonyl (C=O) groups is 1. The summed E-state index contributed by atoms with van der Waals surface area (Å²) >= 11 is 0. The summed E-state index contributed by atoms with van der Waals surface area (Å²) in [5.74, 6) is 0.610. The monoisotopic (exact) mass is 283 g/mol. The molecule has 0 radical (unpaired) electrons. The number of ether oxygens (including phenoxy) is 1. The lowest BCUT2D eigenvalue weighted by Crippen LogP contribution is -2.56. The fourth-order valence-corrected chi connectivity index (χ4v) is 3.30. The Bertz CT molecular complexity index is 318. The van der Waals surface area contributed by atoms with Gasteiger partial charge in [-0.2, -0.15) is 0 Å². The molecule has 2 aliphatic rings. The number of nitrogens with zero attached hydrogens (tertiary/aromatic N) is 1. The predicted molar refractivity (Wildman–Crippen MR) is 79.4 cm³/mol. The van der Waals surface area contributed by atoms with Crippen molar-refractivity contribution in [3.63, 3.8) is 0 Å². The molecule has 1 aliphatic heterocycles. The average Bonchev–Trinajstić information content (AvgIpc) is 2.44. The van der Waals surface area contributed by atoms with E-state index in [-0.39, 0.29) is 5.91 Å². The van der Waals surface area contributed by atoms with Crippen LogP contribution in [-0.4, -0.2) is 55.7 Å². The summed E-state index contributed by atoms with van der Waals surface area (Å²) in [6.45, 7) is 7.61. The van der Waals surface area contributed by atoms with Crippen LogP contribution in [0.15, 0.2) is 0 Å². The first kappa shape index (κ1) is 15.7. The van der Waals surface area contributed by atoms with Crippen LogP contribution >= 0.6 is 0 Å². The van der Waals surface area contributed by atoms with Gasteiger partial charge in [-0.15, -0.1) is 0 Å². The minimum Gasteiger partial charge on any atom is -0.379 e. The van der Waals surface area contributed by atoms with Gasteiger partial charge in [-0.3, -0.25) is 9.69 Å². The summed E-state index contributed by atoms with van der Waals surface area (Å²) < 4.78 is 5.32. The van der Waals surface area contributed by atoms with E-state index in [0.717, 1.165) is 65.1 Å². The topological polar surface area (TPSA) is 67.6 Å². The quantitative estimate of drug-likeness (QED) is 0.730. The highest BCUT2D eigenvalue weighted by atomic mass is 16.5. The fraction of sp³-hybridized carbons (Fsp3) is 0.933. The van der Waals surface area contributed by atoms with E-state index in [4.69, 9.17) is 10.5 Å². The summed E-state index contributed by atoms with van der Waals surface area (Å²) in [4.78, 5) is 14.6. The standard InChI is InChI=1S/C15H29N3O2/c1-13-4-2-5-15(16,12-13)14(19)17-6-3-7-18-8-10-20-11-9-18/h13H,2-12,16H2,1H3,(H,17,19). The van der Waals surface area contributed by atoms with E-state index in [1.807, 2.05) is 0 Å². The minimum absolute atomic E-state index is 0.0472. The SMILES string of the molecule is CC1CCCC(N)(C(=O)NCCCN2CCOCC2)C1. The Hall–Kier alpha value is -0.650. The molecule has 0 bridgehead atoms. The Kier molecular flexibility index (Phi) is 5.81. The molecule has 2 fully saturated rings. The van der Waals surface area contributed by atoms with E-state index < -0.39 is 5.54 Å². The number of rotatable bonds is 5. The van der Waals surface area contributed by atoms with Crippen LogP contribution in [0.5, 0.6) is 0 Å². The second-order valence-electron chi connectivity index (χ2n) is 6.42.